The van der Waals surface area contributed by atoms with E-state index in [-0.39, 0.29) is 28.9 Å². The molecule has 0 atom stereocenters. The topological polar surface area (TPSA) is 49.4 Å². The van der Waals surface area contributed by atoms with Gasteiger partial charge in [-0.1, -0.05) is 117 Å². The summed E-state index contributed by atoms with van der Waals surface area (Å²) in [6, 6.07) is 0.0188. The van der Waals surface area contributed by atoms with Crippen LogP contribution in [-0.2, 0) is 9.59 Å². The fourth-order valence-electron chi connectivity index (χ4n) is 7.35. The smallest absolute Gasteiger partial charge is 0.236 e. The van der Waals surface area contributed by atoms with Gasteiger partial charge < -0.3 is 5.32 Å². The van der Waals surface area contributed by atoms with Crippen molar-refractivity contribution >= 4 is 11.8 Å². The molecular formula is C33H62N2O2. The van der Waals surface area contributed by atoms with Gasteiger partial charge in [0.15, 0.2) is 0 Å². The van der Waals surface area contributed by atoms with Gasteiger partial charge in [0, 0.05) is 23.5 Å². The number of carbonyl (C=O) groups excluding carboxylic acids is 2. The van der Waals surface area contributed by atoms with E-state index in [1.165, 1.54) is 89.9 Å². The van der Waals surface area contributed by atoms with Gasteiger partial charge in [-0.15, -0.1) is 0 Å². The van der Waals surface area contributed by atoms with Gasteiger partial charge in [-0.3, -0.25) is 14.5 Å². The molecule has 2 fully saturated rings. The molecule has 0 aromatic carbocycles. The summed E-state index contributed by atoms with van der Waals surface area (Å²) in [7, 11) is 0. The summed E-state index contributed by atoms with van der Waals surface area (Å²) in [6.45, 7) is 13.4. The van der Waals surface area contributed by atoms with E-state index in [1.54, 1.807) is 4.90 Å². The van der Waals surface area contributed by atoms with Crippen molar-refractivity contribution in [3.05, 3.63) is 0 Å². The Balaban J connectivity index is 1.99. The highest BCUT2D eigenvalue weighted by molar-refractivity contribution is 6.06. The van der Waals surface area contributed by atoms with Gasteiger partial charge in [0.1, 0.15) is 0 Å². The summed E-state index contributed by atoms with van der Waals surface area (Å²) in [5, 5.41) is 3.72. The Morgan fingerprint density at radius 1 is 0.649 bits per heavy atom. The molecule has 37 heavy (non-hydrogen) atoms. The zero-order chi connectivity index (χ0) is 27.4. The Labute approximate surface area is 230 Å². The molecule has 4 heteroatoms. The van der Waals surface area contributed by atoms with E-state index < -0.39 is 5.41 Å². The molecule has 0 aliphatic carbocycles. The summed E-state index contributed by atoms with van der Waals surface area (Å²) in [6.07, 6.45) is 24.3. The highest BCUT2D eigenvalue weighted by Crippen LogP contribution is 2.45. The SMILES string of the molecule is CCCCCCCCCCC1(CCCCCCCCCC)CC(=O)N(C2CC(C)(C)NC(C)(C)C2)C1=O. The Morgan fingerprint density at radius 2 is 1.03 bits per heavy atom. The van der Waals surface area contributed by atoms with Crippen LogP contribution >= 0.6 is 0 Å². The first-order chi connectivity index (χ1) is 17.6. The van der Waals surface area contributed by atoms with E-state index in [9.17, 15) is 9.59 Å². The number of hydrogen-bond acceptors (Lipinski definition) is 3. The van der Waals surface area contributed by atoms with Crippen LogP contribution < -0.4 is 5.32 Å². The second kappa shape index (κ2) is 15.6. The predicted molar refractivity (Wildman–Crippen MR) is 158 cm³/mol. The molecule has 2 heterocycles. The summed E-state index contributed by atoms with van der Waals surface area (Å²) in [4.78, 5) is 29.3. The number of rotatable bonds is 19. The second-order valence-electron chi connectivity index (χ2n) is 13.9. The maximum Gasteiger partial charge on any atom is 0.236 e. The molecule has 0 bridgehead atoms. The number of hydrogen-bond donors (Lipinski definition) is 1. The second-order valence-corrected chi connectivity index (χ2v) is 13.9. The molecule has 0 aromatic heterocycles. The van der Waals surface area contributed by atoms with Gasteiger partial charge in [-0.05, 0) is 53.4 Å². The third-order valence-corrected chi connectivity index (χ3v) is 8.98. The Bertz CT molecular complexity index is 648. The molecular weight excluding hydrogens is 456 g/mol. The van der Waals surface area contributed by atoms with Crippen LogP contribution in [0.3, 0.4) is 0 Å². The van der Waals surface area contributed by atoms with E-state index in [0.717, 1.165) is 38.5 Å². The molecule has 2 amide bonds. The lowest BCUT2D eigenvalue weighted by molar-refractivity contribution is -0.146. The minimum atomic E-state index is -0.444. The molecule has 0 aromatic rings. The first-order valence-electron chi connectivity index (χ1n) is 16.2. The molecule has 2 saturated heterocycles. The lowest BCUT2D eigenvalue weighted by Crippen LogP contribution is -2.63. The monoisotopic (exact) mass is 518 g/mol. The van der Waals surface area contributed by atoms with Crippen molar-refractivity contribution < 1.29 is 9.59 Å². The highest BCUT2D eigenvalue weighted by atomic mass is 16.2. The standard InChI is InChI=1S/C33H62N2O2/c1-7-9-11-13-15-17-19-21-23-33(24-22-20-18-16-14-12-10-8-2)27-29(36)35(30(33)37)28-25-31(3,4)34-32(5,6)26-28/h28,34H,7-27H2,1-6H3. The summed E-state index contributed by atoms with van der Waals surface area (Å²) in [5.74, 6) is 0.268. The van der Waals surface area contributed by atoms with Crippen LogP contribution in [0.4, 0.5) is 0 Å². The molecule has 0 radical (unpaired) electrons. The van der Waals surface area contributed by atoms with Crippen LogP contribution in [0.2, 0.25) is 0 Å². The normalized spacial score (nSPS) is 21.2. The molecule has 0 spiro atoms. The molecule has 4 nitrogen and oxygen atoms in total. The number of amides is 2. The Hall–Kier alpha value is -0.900. The lowest BCUT2D eigenvalue weighted by atomic mass is 9.75. The van der Waals surface area contributed by atoms with Crippen molar-refractivity contribution in [2.24, 2.45) is 5.41 Å². The first kappa shape index (κ1) is 32.3. The Morgan fingerprint density at radius 3 is 1.43 bits per heavy atom. The molecule has 2 aliphatic rings. The molecule has 2 rings (SSSR count). The fraction of sp³-hybridized carbons (Fsp3) is 0.939. The first-order valence-corrected chi connectivity index (χ1v) is 16.2. The molecule has 0 saturated carbocycles. The van der Waals surface area contributed by atoms with Gasteiger partial charge in [-0.2, -0.15) is 0 Å². The van der Waals surface area contributed by atoms with Crippen LogP contribution in [0.1, 0.15) is 176 Å². The average Bonchev–Trinajstić information content (AvgIpc) is 3.05. The van der Waals surface area contributed by atoms with Crippen molar-refractivity contribution in [3.8, 4) is 0 Å². The molecule has 1 N–H and O–H groups in total. The zero-order valence-electron chi connectivity index (χ0n) is 25.7. The summed E-state index contributed by atoms with van der Waals surface area (Å²) < 4.78 is 0. The largest absolute Gasteiger partial charge is 0.307 e. The van der Waals surface area contributed by atoms with Crippen LogP contribution in [0, 0.1) is 5.41 Å². The average molecular weight is 519 g/mol. The highest BCUT2D eigenvalue weighted by Gasteiger charge is 2.54. The van der Waals surface area contributed by atoms with E-state index >= 15 is 0 Å². The quantitative estimate of drug-likeness (QED) is 0.137. The number of imide groups is 1. The number of nitrogens with zero attached hydrogens (tertiary/aromatic N) is 1. The number of nitrogens with one attached hydrogen (secondary N) is 1. The van der Waals surface area contributed by atoms with E-state index in [1.807, 2.05) is 0 Å². The number of carbonyl (C=O) groups is 2. The zero-order valence-corrected chi connectivity index (χ0v) is 25.7. The third-order valence-electron chi connectivity index (χ3n) is 8.98. The molecule has 0 unspecified atom stereocenters. The summed E-state index contributed by atoms with van der Waals surface area (Å²) >= 11 is 0. The number of unbranched alkanes of at least 4 members (excludes halogenated alkanes) is 14. The molecule has 216 valence electrons. The number of likely N-dealkylation sites (tertiary alicyclic amines) is 1. The van der Waals surface area contributed by atoms with E-state index in [4.69, 9.17) is 0 Å². The third kappa shape index (κ3) is 10.6. The van der Waals surface area contributed by atoms with Gasteiger partial charge >= 0.3 is 0 Å². The van der Waals surface area contributed by atoms with Crippen molar-refractivity contribution in [3.63, 3.8) is 0 Å². The molecule has 2 aliphatic heterocycles. The van der Waals surface area contributed by atoms with Crippen LogP contribution in [-0.4, -0.2) is 33.8 Å². The number of piperidine rings is 1. The van der Waals surface area contributed by atoms with Gasteiger partial charge in [-0.25, -0.2) is 0 Å². The van der Waals surface area contributed by atoms with Crippen LogP contribution in [0.25, 0.3) is 0 Å². The van der Waals surface area contributed by atoms with Crippen LogP contribution in [0.5, 0.6) is 0 Å². The minimum absolute atomic E-state index is 0.0188. The minimum Gasteiger partial charge on any atom is -0.307 e. The van der Waals surface area contributed by atoms with Gasteiger partial charge in [0.25, 0.3) is 0 Å². The maximum absolute atomic E-state index is 14.1. The lowest BCUT2D eigenvalue weighted by Gasteiger charge is -2.48. The van der Waals surface area contributed by atoms with Gasteiger partial charge in [0.05, 0.1) is 5.41 Å². The van der Waals surface area contributed by atoms with E-state index in [2.05, 4.69) is 46.9 Å². The van der Waals surface area contributed by atoms with Crippen molar-refractivity contribution in [2.75, 3.05) is 0 Å². The van der Waals surface area contributed by atoms with Crippen LogP contribution in [0.15, 0.2) is 0 Å². The van der Waals surface area contributed by atoms with Crippen molar-refractivity contribution in [2.45, 2.75) is 193 Å². The summed E-state index contributed by atoms with van der Waals surface area (Å²) in [5.41, 5.74) is -0.595. The van der Waals surface area contributed by atoms with E-state index in [0.29, 0.717) is 6.42 Å². The Kier molecular flexibility index (Phi) is 13.7. The van der Waals surface area contributed by atoms with Gasteiger partial charge in [0.2, 0.25) is 11.8 Å². The van der Waals surface area contributed by atoms with Crippen molar-refractivity contribution in [1.82, 2.24) is 10.2 Å². The predicted octanol–water partition coefficient (Wildman–Crippen LogP) is 9.10. The fourth-order valence-corrected chi connectivity index (χ4v) is 7.35. The maximum atomic E-state index is 14.1. The van der Waals surface area contributed by atoms with Crippen molar-refractivity contribution in [1.29, 1.82) is 0 Å².